The second-order valence-electron chi connectivity index (χ2n) is 6.81. The SMILES string of the molecule is Brc1ccc2c3c(ccnc13)CCO2.Clc1cc2c3c(ccc(Br)c3n1)OCC2. The van der Waals surface area contributed by atoms with Gasteiger partial charge in [-0.05, 0) is 79.4 Å². The molecule has 2 aliphatic rings. The van der Waals surface area contributed by atoms with E-state index in [1.807, 2.05) is 36.5 Å². The van der Waals surface area contributed by atoms with Crippen molar-refractivity contribution in [2.75, 3.05) is 13.2 Å². The average molecular weight is 535 g/mol. The molecule has 0 radical (unpaired) electrons. The molecular weight excluding hydrogens is 520 g/mol. The number of nitrogens with zero attached hydrogens (tertiary/aromatic N) is 2. The van der Waals surface area contributed by atoms with Gasteiger partial charge >= 0.3 is 0 Å². The summed E-state index contributed by atoms with van der Waals surface area (Å²) in [5, 5.41) is 2.78. The van der Waals surface area contributed by atoms with Crippen LogP contribution >= 0.6 is 43.5 Å². The second-order valence-corrected chi connectivity index (χ2v) is 8.91. The summed E-state index contributed by atoms with van der Waals surface area (Å²) in [6, 6.07) is 11.9. The van der Waals surface area contributed by atoms with Crippen molar-refractivity contribution in [1.29, 1.82) is 0 Å². The first-order valence-corrected chi connectivity index (χ1v) is 11.2. The molecule has 0 amide bonds. The van der Waals surface area contributed by atoms with Gasteiger partial charge in [0.1, 0.15) is 16.7 Å². The van der Waals surface area contributed by atoms with Crippen molar-refractivity contribution in [3.05, 3.63) is 67.8 Å². The van der Waals surface area contributed by atoms with Gasteiger partial charge in [-0.3, -0.25) is 4.98 Å². The number of hydrogen-bond donors (Lipinski definition) is 0. The maximum Gasteiger partial charge on any atom is 0.130 e. The van der Waals surface area contributed by atoms with Crippen molar-refractivity contribution in [3.63, 3.8) is 0 Å². The topological polar surface area (TPSA) is 44.2 Å². The van der Waals surface area contributed by atoms with Gasteiger partial charge in [0.15, 0.2) is 0 Å². The number of hydrogen-bond acceptors (Lipinski definition) is 4. The normalized spacial score (nSPS) is 14.0. The third-order valence-corrected chi connectivity index (χ3v) is 6.55. The molecule has 0 N–H and O–H groups in total. The van der Waals surface area contributed by atoms with Crippen molar-refractivity contribution in [2.45, 2.75) is 12.8 Å². The quantitative estimate of drug-likeness (QED) is 0.241. The van der Waals surface area contributed by atoms with E-state index in [9.17, 15) is 0 Å². The summed E-state index contributed by atoms with van der Waals surface area (Å²) in [7, 11) is 0. The standard InChI is InChI=1S/C11H7BrClNO.C11H8BrNO/c12-7-1-2-8-10-6(3-4-15-8)5-9(13)14-11(7)10;12-8-1-2-9-10-7(4-6-14-9)3-5-13-11(8)10/h1-2,5H,3-4H2;1-3,5H,4,6H2. The van der Waals surface area contributed by atoms with Crippen molar-refractivity contribution in [2.24, 2.45) is 0 Å². The molecule has 29 heavy (non-hydrogen) atoms. The van der Waals surface area contributed by atoms with E-state index in [0.717, 1.165) is 61.7 Å². The molecule has 0 fully saturated rings. The summed E-state index contributed by atoms with van der Waals surface area (Å²) < 4.78 is 13.2. The predicted molar refractivity (Wildman–Crippen MR) is 122 cm³/mol. The summed E-state index contributed by atoms with van der Waals surface area (Å²) >= 11 is 13.0. The molecular formula is C22H15Br2ClN2O2. The fraction of sp³-hybridized carbons (Fsp3) is 0.182. The van der Waals surface area contributed by atoms with Crippen LogP contribution < -0.4 is 9.47 Å². The number of pyridine rings is 2. The summed E-state index contributed by atoms with van der Waals surface area (Å²) in [6.07, 6.45) is 3.72. The smallest absolute Gasteiger partial charge is 0.130 e. The molecule has 7 heteroatoms. The molecule has 0 saturated carbocycles. The van der Waals surface area contributed by atoms with E-state index < -0.39 is 0 Å². The third kappa shape index (κ3) is 3.47. The number of ether oxygens (including phenoxy) is 2. The lowest BCUT2D eigenvalue weighted by Crippen LogP contribution is -2.09. The van der Waals surface area contributed by atoms with Crippen LogP contribution in [0.2, 0.25) is 5.15 Å². The minimum Gasteiger partial charge on any atom is -0.493 e. The fourth-order valence-corrected chi connectivity index (χ4v) is 4.85. The minimum absolute atomic E-state index is 0.539. The van der Waals surface area contributed by atoms with Crippen LogP contribution in [0.25, 0.3) is 21.8 Å². The zero-order valence-corrected chi connectivity index (χ0v) is 19.1. The Kier molecular flexibility index (Phi) is 5.10. The van der Waals surface area contributed by atoms with Crippen LogP contribution in [0.5, 0.6) is 11.5 Å². The summed E-state index contributed by atoms with van der Waals surface area (Å²) in [5.74, 6) is 1.86. The lowest BCUT2D eigenvalue weighted by Gasteiger charge is -2.18. The molecule has 2 aromatic heterocycles. The van der Waals surface area contributed by atoms with E-state index in [4.69, 9.17) is 21.1 Å². The highest BCUT2D eigenvalue weighted by molar-refractivity contribution is 9.11. The molecule has 0 atom stereocenters. The number of aromatic nitrogens is 2. The number of benzene rings is 2. The first-order valence-electron chi connectivity index (χ1n) is 9.21. The lowest BCUT2D eigenvalue weighted by molar-refractivity contribution is 0.318. The van der Waals surface area contributed by atoms with Gasteiger partial charge in [-0.1, -0.05) is 11.6 Å². The van der Waals surface area contributed by atoms with Gasteiger partial charge in [0, 0.05) is 38.8 Å². The highest BCUT2D eigenvalue weighted by atomic mass is 79.9. The second kappa shape index (κ2) is 7.74. The first-order chi connectivity index (χ1) is 14.1. The Labute approximate surface area is 189 Å². The summed E-state index contributed by atoms with van der Waals surface area (Å²) in [6.45, 7) is 1.48. The molecule has 6 rings (SSSR count). The van der Waals surface area contributed by atoms with Gasteiger partial charge < -0.3 is 9.47 Å². The number of rotatable bonds is 0. The van der Waals surface area contributed by atoms with Crippen LogP contribution in [-0.4, -0.2) is 23.2 Å². The van der Waals surface area contributed by atoms with E-state index in [2.05, 4.69) is 47.9 Å². The zero-order chi connectivity index (χ0) is 20.0. The van der Waals surface area contributed by atoms with Crippen molar-refractivity contribution < 1.29 is 9.47 Å². The van der Waals surface area contributed by atoms with Crippen LogP contribution in [0.4, 0.5) is 0 Å². The average Bonchev–Trinajstić information content (AvgIpc) is 2.74. The van der Waals surface area contributed by atoms with Crippen molar-refractivity contribution >= 4 is 65.3 Å². The van der Waals surface area contributed by atoms with Crippen molar-refractivity contribution in [3.8, 4) is 11.5 Å². The lowest BCUT2D eigenvalue weighted by atomic mass is 10.0. The first kappa shape index (κ1) is 19.1. The molecule has 4 heterocycles. The molecule has 2 aromatic carbocycles. The van der Waals surface area contributed by atoms with Gasteiger partial charge in [-0.15, -0.1) is 0 Å². The Morgan fingerprint density at radius 3 is 2.14 bits per heavy atom. The van der Waals surface area contributed by atoms with E-state index in [1.54, 1.807) is 0 Å². The molecule has 0 aliphatic carbocycles. The van der Waals surface area contributed by atoms with Gasteiger partial charge in [-0.25, -0.2) is 4.98 Å². The Balaban J connectivity index is 0.000000125. The molecule has 0 bridgehead atoms. The molecule has 0 unspecified atom stereocenters. The Morgan fingerprint density at radius 2 is 1.41 bits per heavy atom. The van der Waals surface area contributed by atoms with E-state index in [1.165, 1.54) is 11.1 Å². The van der Waals surface area contributed by atoms with E-state index >= 15 is 0 Å². The Hall–Kier alpha value is -1.89. The zero-order valence-electron chi connectivity index (χ0n) is 15.2. The third-order valence-electron chi connectivity index (χ3n) is 5.07. The van der Waals surface area contributed by atoms with E-state index in [0.29, 0.717) is 11.8 Å². The van der Waals surface area contributed by atoms with Gasteiger partial charge in [0.05, 0.1) is 24.2 Å². The van der Waals surface area contributed by atoms with Gasteiger partial charge in [-0.2, -0.15) is 0 Å². The number of halogens is 3. The highest BCUT2D eigenvalue weighted by Gasteiger charge is 2.17. The Bertz CT molecular complexity index is 1250. The monoisotopic (exact) mass is 532 g/mol. The van der Waals surface area contributed by atoms with Crippen molar-refractivity contribution in [1.82, 2.24) is 9.97 Å². The Morgan fingerprint density at radius 1 is 0.793 bits per heavy atom. The fourth-order valence-electron chi connectivity index (χ4n) is 3.78. The van der Waals surface area contributed by atoms with Crippen LogP contribution in [0.15, 0.2) is 51.5 Å². The molecule has 4 aromatic rings. The van der Waals surface area contributed by atoms with Crippen LogP contribution in [-0.2, 0) is 12.8 Å². The maximum absolute atomic E-state index is 5.98. The van der Waals surface area contributed by atoms with Gasteiger partial charge in [0.2, 0.25) is 0 Å². The molecule has 0 spiro atoms. The van der Waals surface area contributed by atoms with Gasteiger partial charge in [0.25, 0.3) is 0 Å². The highest BCUT2D eigenvalue weighted by Crippen LogP contribution is 2.37. The van der Waals surface area contributed by atoms with Crippen LogP contribution in [0.3, 0.4) is 0 Å². The molecule has 2 aliphatic heterocycles. The van der Waals surface area contributed by atoms with E-state index in [-0.39, 0.29) is 0 Å². The predicted octanol–water partition coefficient (Wildman–Crippen LogP) is 6.52. The van der Waals surface area contributed by atoms with Crippen LogP contribution in [0.1, 0.15) is 11.1 Å². The summed E-state index contributed by atoms with van der Waals surface area (Å²) in [5.41, 5.74) is 4.43. The maximum atomic E-state index is 5.98. The minimum atomic E-state index is 0.539. The summed E-state index contributed by atoms with van der Waals surface area (Å²) in [4.78, 5) is 8.67. The molecule has 146 valence electrons. The largest absolute Gasteiger partial charge is 0.493 e. The molecule has 0 saturated heterocycles. The van der Waals surface area contributed by atoms with Crippen LogP contribution in [0, 0.1) is 0 Å². The molecule has 4 nitrogen and oxygen atoms in total.